The van der Waals surface area contributed by atoms with Crippen molar-refractivity contribution in [2.24, 2.45) is 0 Å². The van der Waals surface area contributed by atoms with Crippen LogP contribution in [0.2, 0.25) is 0 Å². The molecule has 1 atom stereocenters. The lowest BCUT2D eigenvalue weighted by Gasteiger charge is -2.17. The first-order chi connectivity index (χ1) is 10.9. The highest BCUT2D eigenvalue weighted by molar-refractivity contribution is 9.10. The summed E-state index contributed by atoms with van der Waals surface area (Å²) in [6.45, 7) is 4.91. The summed E-state index contributed by atoms with van der Waals surface area (Å²) in [7, 11) is 3.36. The summed E-state index contributed by atoms with van der Waals surface area (Å²) < 4.78 is 12.0. The molecule has 0 fully saturated rings. The molecule has 0 radical (unpaired) electrons. The van der Waals surface area contributed by atoms with Gasteiger partial charge >= 0.3 is 0 Å². The second kappa shape index (κ2) is 9.75. The van der Waals surface area contributed by atoms with E-state index in [-0.39, 0.29) is 25.2 Å². The highest BCUT2D eigenvalue weighted by Gasteiger charge is 2.15. The van der Waals surface area contributed by atoms with Crippen LogP contribution < -0.4 is 14.8 Å². The molecule has 1 rings (SSSR count). The SMILES string of the molecule is CCOc1cc(CN[C@H](C)CO)cc(Br)c1OCC(=O)N(C)C. The summed E-state index contributed by atoms with van der Waals surface area (Å²) in [5, 5.41) is 12.3. The molecule has 1 aromatic carbocycles. The van der Waals surface area contributed by atoms with Crippen LogP contribution in [0.5, 0.6) is 11.5 Å². The molecule has 7 heteroatoms. The summed E-state index contributed by atoms with van der Waals surface area (Å²) >= 11 is 3.47. The van der Waals surface area contributed by atoms with Gasteiger partial charge in [-0.2, -0.15) is 0 Å². The number of carbonyl (C=O) groups excluding carboxylic acids is 1. The lowest BCUT2D eigenvalue weighted by atomic mass is 10.2. The third kappa shape index (κ3) is 6.37. The minimum absolute atomic E-state index is 0.0120. The zero-order valence-electron chi connectivity index (χ0n) is 14.1. The van der Waals surface area contributed by atoms with E-state index in [0.717, 1.165) is 10.0 Å². The van der Waals surface area contributed by atoms with Crippen molar-refractivity contribution < 1.29 is 19.4 Å². The molecule has 130 valence electrons. The highest BCUT2D eigenvalue weighted by atomic mass is 79.9. The van der Waals surface area contributed by atoms with Crippen LogP contribution in [0.1, 0.15) is 19.4 Å². The molecule has 1 aromatic rings. The molecule has 0 aliphatic rings. The van der Waals surface area contributed by atoms with Crippen molar-refractivity contribution in [2.45, 2.75) is 26.4 Å². The Kier molecular flexibility index (Phi) is 8.36. The average Bonchev–Trinajstić information content (AvgIpc) is 2.51. The number of hydrogen-bond acceptors (Lipinski definition) is 5. The van der Waals surface area contributed by atoms with Gasteiger partial charge in [-0.1, -0.05) is 0 Å². The van der Waals surface area contributed by atoms with Crippen LogP contribution in [0.25, 0.3) is 0 Å². The summed E-state index contributed by atoms with van der Waals surface area (Å²) in [6.07, 6.45) is 0. The highest BCUT2D eigenvalue weighted by Crippen LogP contribution is 2.37. The molecule has 0 saturated heterocycles. The number of ether oxygens (including phenoxy) is 2. The maximum Gasteiger partial charge on any atom is 0.259 e. The molecule has 0 spiro atoms. The molecule has 23 heavy (non-hydrogen) atoms. The van der Waals surface area contributed by atoms with Crippen molar-refractivity contribution in [1.29, 1.82) is 0 Å². The second-order valence-corrected chi connectivity index (χ2v) is 6.23. The van der Waals surface area contributed by atoms with Crippen LogP contribution in [0.3, 0.4) is 0 Å². The lowest BCUT2D eigenvalue weighted by molar-refractivity contribution is -0.130. The molecule has 0 aliphatic heterocycles. The number of amides is 1. The molecule has 0 bridgehead atoms. The van der Waals surface area contributed by atoms with E-state index in [2.05, 4.69) is 21.2 Å². The molecule has 0 saturated carbocycles. The number of aliphatic hydroxyl groups is 1. The lowest BCUT2D eigenvalue weighted by Crippen LogP contribution is -2.28. The largest absolute Gasteiger partial charge is 0.490 e. The fourth-order valence-corrected chi connectivity index (χ4v) is 2.35. The summed E-state index contributed by atoms with van der Waals surface area (Å²) in [6, 6.07) is 3.80. The van der Waals surface area contributed by atoms with Gasteiger partial charge in [0, 0.05) is 26.7 Å². The number of nitrogens with one attached hydrogen (secondary N) is 1. The second-order valence-electron chi connectivity index (χ2n) is 5.38. The fraction of sp³-hybridized carbons (Fsp3) is 0.562. The van der Waals surface area contributed by atoms with Gasteiger partial charge in [-0.3, -0.25) is 4.79 Å². The number of rotatable bonds is 9. The Balaban J connectivity index is 2.90. The third-order valence-electron chi connectivity index (χ3n) is 3.14. The minimum atomic E-state index is -0.123. The topological polar surface area (TPSA) is 71.0 Å². The van der Waals surface area contributed by atoms with Crippen LogP contribution in [0.15, 0.2) is 16.6 Å². The number of likely N-dealkylation sites (N-methyl/N-ethyl adjacent to an activating group) is 1. The van der Waals surface area contributed by atoms with E-state index in [1.165, 1.54) is 4.90 Å². The van der Waals surface area contributed by atoms with E-state index >= 15 is 0 Å². The molecule has 0 unspecified atom stereocenters. The molecule has 1 amide bonds. The van der Waals surface area contributed by atoms with Crippen molar-refractivity contribution in [3.63, 3.8) is 0 Å². The molecule has 2 N–H and O–H groups in total. The van der Waals surface area contributed by atoms with E-state index in [9.17, 15) is 4.79 Å². The zero-order valence-corrected chi connectivity index (χ0v) is 15.6. The van der Waals surface area contributed by atoms with Crippen molar-refractivity contribution in [1.82, 2.24) is 10.2 Å². The number of halogens is 1. The molecular formula is C16H25BrN2O4. The van der Waals surface area contributed by atoms with Crippen LogP contribution in [-0.4, -0.2) is 55.9 Å². The number of nitrogens with zero attached hydrogens (tertiary/aromatic N) is 1. The van der Waals surface area contributed by atoms with Crippen LogP contribution in [-0.2, 0) is 11.3 Å². The predicted octanol–water partition coefficient (Wildman–Crippen LogP) is 1.79. The summed E-state index contributed by atoms with van der Waals surface area (Å²) in [5.74, 6) is 0.977. The Hall–Kier alpha value is -1.31. The summed E-state index contributed by atoms with van der Waals surface area (Å²) in [4.78, 5) is 13.2. The Bertz CT molecular complexity index is 523. The average molecular weight is 389 g/mol. The first-order valence-electron chi connectivity index (χ1n) is 7.51. The number of aliphatic hydroxyl groups excluding tert-OH is 1. The number of carbonyl (C=O) groups is 1. The molecule has 0 heterocycles. The molecule has 0 aliphatic carbocycles. The maximum atomic E-state index is 11.7. The minimum Gasteiger partial charge on any atom is -0.490 e. The van der Waals surface area contributed by atoms with Crippen molar-refractivity contribution in [2.75, 3.05) is 33.9 Å². The smallest absolute Gasteiger partial charge is 0.259 e. The molecular weight excluding hydrogens is 364 g/mol. The Morgan fingerprint density at radius 1 is 1.39 bits per heavy atom. The van der Waals surface area contributed by atoms with Gasteiger partial charge in [0.25, 0.3) is 5.91 Å². The first-order valence-corrected chi connectivity index (χ1v) is 8.30. The maximum absolute atomic E-state index is 11.7. The number of benzene rings is 1. The van der Waals surface area contributed by atoms with Gasteiger partial charge in [-0.15, -0.1) is 0 Å². The third-order valence-corrected chi connectivity index (χ3v) is 3.73. The van der Waals surface area contributed by atoms with Gasteiger partial charge in [0.1, 0.15) is 0 Å². The summed E-state index contributed by atoms with van der Waals surface area (Å²) in [5.41, 5.74) is 0.993. The van der Waals surface area contributed by atoms with E-state index in [4.69, 9.17) is 14.6 Å². The van der Waals surface area contributed by atoms with Gasteiger partial charge in [-0.25, -0.2) is 0 Å². The van der Waals surface area contributed by atoms with Gasteiger partial charge in [0.05, 0.1) is 17.7 Å². The van der Waals surface area contributed by atoms with Gasteiger partial charge in [-0.05, 0) is 47.5 Å². The fourth-order valence-electron chi connectivity index (χ4n) is 1.75. The van der Waals surface area contributed by atoms with E-state index in [0.29, 0.717) is 24.7 Å². The molecule has 6 nitrogen and oxygen atoms in total. The normalized spacial score (nSPS) is 11.9. The van der Waals surface area contributed by atoms with Gasteiger partial charge in [0.2, 0.25) is 0 Å². The van der Waals surface area contributed by atoms with E-state index in [1.807, 2.05) is 26.0 Å². The van der Waals surface area contributed by atoms with E-state index in [1.54, 1.807) is 14.1 Å². The predicted molar refractivity (Wildman–Crippen MR) is 92.9 cm³/mol. The van der Waals surface area contributed by atoms with E-state index < -0.39 is 0 Å². The molecule has 0 aromatic heterocycles. The van der Waals surface area contributed by atoms with Crippen molar-refractivity contribution in [3.05, 3.63) is 22.2 Å². The number of hydrogen-bond donors (Lipinski definition) is 2. The standard InChI is InChI=1S/C16H25BrN2O4/c1-5-22-14-7-12(8-18-11(2)9-20)6-13(17)16(14)23-10-15(21)19(3)4/h6-7,11,18,20H,5,8-10H2,1-4H3/t11-/m1/s1. The quantitative estimate of drug-likeness (QED) is 0.674. The Morgan fingerprint density at radius 3 is 2.65 bits per heavy atom. The first kappa shape index (κ1) is 19.7. The van der Waals surface area contributed by atoms with Crippen molar-refractivity contribution in [3.8, 4) is 11.5 Å². The van der Waals surface area contributed by atoms with Crippen LogP contribution in [0.4, 0.5) is 0 Å². The van der Waals surface area contributed by atoms with Crippen LogP contribution >= 0.6 is 15.9 Å². The monoisotopic (exact) mass is 388 g/mol. The Morgan fingerprint density at radius 2 is 2.09 bits per heavy atom. The van der Waals surface area contributed by atoms with Crippen molar-refractivity contribution >= 4 is 21.8 Å². The van der Waals surface area contributed by atoms with Gasteiger partial charge in [0.15, 0.2) is 18.1 Å². The Labute approximate surface area is 145 Å². The van der Waals surface area contributed by atoms with Crippen LogP contribution in [0, 0.1) is 0 Å². The zero-order chi connectivity index (χ0) is 17.4. The van der Waals surface area contributed by atoms with Gasteiger partial charge < -0.3 is 24.8 Å².